The normalized spacial score (nSPS) is 25.2. The number of nitrogens with one attached hydrogen (secondary N) is 2. The average Bonchev–Trinajstić information content (AvgIpc) is 2.97. The van der Waals surface area contributed by atoms with Gasteiger partial charge in [-0.05, 0) is 37.3 Å². The minimum atomic E-state index is -3.44. The minimum absolute atomic E-state index is 0.111. The molecule has 4 N–H and O–H groups in total. The Morgan fingerprint density at radius 1 is 1.47 bits per heavy atom. The van der Waals surface area contributed by atoms with Crippen LogP contribution in [0, 0.1) is 11.8 Å². The zero-order valence-corrected chi connectivity index (χ0v) is 10.4. The lowest BCUT2D eigenvalue weighted by Crippen LogP contribution is -2.33. The minimum Gasteiger partial charge on any atom is -0.330 e. The second-order valence-electron chi connectivity index (χ2n) is 4.46. The molecule has 17 heavy (non-hydrogen) atoms. The third kappa shape index (κ3) is 2.85. The fraction of sp³-hybridized carbons (Fsp3) is 0.700. The van der Waals surface area contributed by atoms with E-state index in [9.17, 15) is 8.42 Å². The predicted molar refractivity (Wildman–Crippen MR) is 63.7 cm³/mol. The van der Waals surface area contributed by atoms with Crippen molar-refractivity contribution >= 4 is 10.0 Å². The summed E-state index contributed by atoms with van der Waals surface area (Å²) in [5.74, 6) is 0.803. The molecule has 2 unspecified atom stereocenters. The van der Waals surface area contributed by atoms with E-state index in [1.54, 1.807) is 0 Å². The maximum absolute atomic E-state index is 11.8. The molecule has 7 heteroatoms. The molecule has 1 heterocycles. The average molecular weight is 258 g/mol. The van der Waals surface area contributed by atoms with Gasteiger partial charge in [0.1, 0.15) is 0 Å². The second-order valence-corrected chi connectivity index (χ2v) is 6.19. The molecule has 0 aromatic carbocycles. The van der Waals surface area contributed by atoms with Gasteiger partial charge in [0.25, 0.3) is 10.0 Å². The summed E-state index contributed by atoms with van der Waals surface area (Å²) < 4.78 is 26.3. The lowest BCUT2D eigenvalue weighted by atomic mass is 9.97. The number of aromatic amines is 1. The van der Waals surface area contributed by atoms with E-state index in [0.29, 0.717) is 24.9 Å². The van der Waals surface area contributed by atoms with E-state index in [1.807, 2.05) is 0 Å². The van der Waals surface area contributed by atoms with Gasteiger partial charge >= 0.3 is 0 Å². The number of hydrogen-bond donors (Lipinski definition) is 3. The molecule has 1 aromatic heterocycles. The van der Waals surface area contributed by atoms with Gasteiger partial charge in [0.2, 0.25) is 0 Å². The molecule has 2 atom stereocenters. The van der Waals surface area contributed by atoms with Crippen molar-refractivity contribution in [3.05, 3.63) is 12.3 Å². The molecule has 96 valence electrons. The van der Waals surface area contributed by atoms with E-state index in [4.69, 9.17) is 5.73 Å². The highest BCUT2D eigenvalue weighted by molar-refractivity contribution is 7.89. The van der Waals surface area contributed by atoms with Crippen LogP contribution in [0.25, 0.3) is 0 Å². The Hall–Kier alpha value is -0.920. The van der Waals surface area contributed by atoms with Crippen molar-refractivity contribution in [2.24, 2.45) is 17.6 Å². The highest BCUT2D eigenvalue weighted by atomic mass is 32.2. The summed E-state index contributed by atoms with van der Waals surface area (Å²) in [7, 11) is -3.44. The van der Waals surface area contributed by atoms with Crippen molar-refractivity contribution < 1.29 is 8.42 Å². The summed E-state index contributed by atoms with van der Waals surface area (Å²) in [5.41, 5.74) is 5.66. The number of H-pyrrole nitrogens is 1. The molecule has 0 amide bonds. The van der Waals surface area contributed by atoms with Crippen LogP contribution in [0.4, 0.5) is 0 Å². The molecule has 1 fully saturated rings. The summed E-state index contributed by atoms with van der Waals surface area (Å²) in [6, 6.07) is 1.44. The highest BCUT2D eigenvalue weighted by Gasteiger charge is 2.27. The third-order valence-electron chi connectivity index (χ3n) is 3.42. The van der Waals surface area contributed by atoms with Gasteiger partial charge < -0.3 is 5.73 Å². The Kier molecular flexibility index (Phi) is 3.80. The van der Waals surface area contributed by atoms with Crippen LogP contribution in [0.1, 0.15) is 19.3 Å². The molecule has 1 aromatic rings. The fourth-order valence-electron chi connectivity index (χ4n) is 2.38. The van der Waals surface area contributed by atoms with Crippen molar-refractivity contribution in [2.75, 3.05) is 13.1 Å². The first-order chi connectivity index (χ1) is 8.13. The van der Waals surface area contributed by atoms with Gasteiger partial charge in [0.15, 0.2) is 5.03 Å². The number of hydrogen-bond acceptors (Lipinski definition) is 4. The van der Waals surface area contributed by atoms with E-state index in [-0.39, 0.29) is 5.03 Å². The van der Waals surface area contributed by atoms with Gasteiger partial charge in [-0.1, -0.05) is 6.42 Å². The van der Waals surface area contributed by atoms with Crippen molar-refractivity contribution in [3.63, 3.8) is 0 Å². The first kappa shape index (κ1) is 12.5. The molecular formula is C10H18N4O2S. The number of nitrogens with two attached hydrogens (primary N) is 1. The topological polar surface area (TPSA) is 101 Å². The van der Waals surface area contributed by atoms with Gasteiger partial charge in [-0.25, -0.2) is 13.1 Å². The van der Waals surface area contributed by atoms with E-state index < -0.39 is 10.0 Å². The third-order valence-corrected chi connectivity index (χ3v) is 4.77. The number of sulfonamides is 1. The first-order valence-electron chi connectivity index (χ1n) is 5.82. The van der Waals surface area contributed by atoms with Gasteiger partial charge in [-0.3, -0.25) is 5.10 Å². The number of aromatic nitrogens is 2. The molecule has 0 bridgehead atoms. The van der Waals surface area contributed by atoms with Crippen LogP contribution in [-0.4, -0.2) is 31.7 Å². The highest BCUT2D eigenvalue weighted by Crippen LogP contribution is 2.30. The molecule has 6 nitrogen and oxygen atoms in total. The number of rotatable bonds is 5. The first-order valence-corrected chi connectivity index (χ1v) is 7.31. The van der Waals surface area contributed by atoms with Gasteiger partial charge in [-0.15, -0.1) is 0 Å². The second kappa shape index (κ2) is 5.16. The smallest absolute Gasteiger partial charge is 0.257 e. The Balaban J connectivity index is 1.94. The Morgan fingerprint density at radius 2 is 2.24 bits per heavy atom. The molecule has 0 aliphatic heterocycles. The van der Waals surface area contributed by atoms with Crippen LogP contribution >= 0.6 is 0 Å². The zero-order valence-electron chi connectivity index (χ0n) is 9.59. The SMILES string of the molecule is NCC1CCCC1CNS(=O)(=O)c1ccn[nH]1. The van der Waals surface area contributed by atoms with Gasteiger partial charge in [0.05, 0.1) is 6.20 Å². The molecule has 1 aliphatic carbocycles. The van der Waals surface area contributed by atoms with Crippen molar-refractivity contribution in [1.29, 1.82) is 0 Å². The monoisotopic (exact) mass is 258 g/mol. The van der Waals surface area contributed by atoms with E-state index in [0.717, 1.165) is 19.3 Å². The van der Waals surface area contributed by atoms with Crippen molar-refractivity contribution in [2.45, 2.75) is 24.3 Å². The van der Waals surface area contributed by atoms with Crippen molar-refractivity contribution in [3.8, 4) is 0 Å². The Morgan fingerprint density at radius 3 is 2.88 bits per heavy atom. The molecule has 0 saturated heterocycles. The fourth-order valence-corrected chi connectivity index (χ4v) is 3.38. The molecule has 2 rings (SSSR count). The molecular weight excluding hydrogens is 240 g/mol. The largest absolute Gasteiger partial charge is 0.330 e. The van der Waals surface area contributed by atoms with Crippen molar-refractivity contribution in [1.82, 2.24) is 14.9 Å². The maximum atomic E-state index is 11.8. The van der Waals surface area contributed by atoms with E-state index >= 15 is 0 Å². The van der Waals surface area contributed by atoms with E-state index in [2.05, 4.69) is 14.9 Å². The number of nitrogens with zero attached hydrogens (tertiary/aromatic N) is 1. The summed E-state index contributed by atoms with van der Waals surface area (Å²) in [5, 5.41) is 6.20. The van der Waals surface area contributed by atoms with Gasteiger partial charge in [-0.2, -0.15) is 5.10 Å². The lowest BCUT2D eigenvalue weighted by molar-refractivity contribution is 0.393. The molecule has 0 spiro atoms. The van der Waals surface area contributed by atoms with Crippen LogP contribution in [0.2, 0.25) is 0 Å². The Bertz CT molecular complexity index is 443. The summed E-state index contributed by atoms with van der Waals surface area (Å²) in [6.45, 7) is 1.10. The Labute approximate surface area is 101 Å². The molecule has 1 aliphatic rings. The zero-order chi connectivity index (χ0) is 12.3. The molecule has 0 radical (unpaired) electrons. The van der Waals surface area contributed by atoms with Crippen LogP contribution in [-0.2, 0) is 10.0 Å². The summed E-state index contributed by atoms with van der Waals surface area (Å²) >= 11 is 0. The standard InChI is InChI=1S/C10H18N4O2S/c11-6-8-2-1-3-9(8)7-13-17(15,16)10-4-5-12-14-10/h4-5,8-9,13H,1-3,6-7,11H2,(H,12,14). The van der Waals surface area contributed by atoms with Crippen LogP contribution in [0.15, 0.2) is 17.3 Å². The summed E-state index contributed by atoms with van der Waals surface area (Å²) in [6.07, 6.45) is 4.71. The van der Waals surface area contributed by atoms with Crippen LogP contribution < -0.4 is 10.5 Å². The maximum Gasteiger partial charge on any atom is 0.257 e. The van der Waals surface area contributed by atoms with Crippen LogP contribution in [0.3, 0.4) is 0 Å². The molecule has 1 saturated carbocycles. The van der Waals surface area contributed by atoms with Crippen LogP contribution in [0.5, 0.6) is 0 Å². The van der Waals surface area contributed by atoms with Gasteiger partial charge in [0, 0.05) is 6.54 Å². The van der Waals surface area contributed by atoms with E-state index in [1.165, 1.54) is 12.3 Å². The summed E-state index contributed by atoms with van der Waals surface area (Å²) in [4.78, 5) is 0. The lowest BCUT2D eigenvalue weighted by Gasteiger charge is -2.17. The predicted octanol–water partition coefficient (Wildman–Crippen LogP) is 0.0630. The quantitative estimate of drug-likeness (QED) is 0.695.